The van der Waals surface area contributed by atoms with Crippen molar-refractivity contribution in [2.75, 3.05) is 7.11 Å². The van der Waals surface area contributed by atoms with E-state index >= 15 is 0 Å². The first-order valence-corrected chi connectivity index (χ1v) is 6.61. The summed E-state index contributed by atoms with van der Waals surface area (Å²) in [5.41, 5.74) is 7.57. The molecule has 0 spiro atoms. The van der Waals surface area contributed by atoms with Gasteiger partial charge in [0.1, 0.15) is 5.75 Å². The lowest BCUT2D eigenvalue weighted by Gasteiger charge is -2.31. The van der Waals surface area contributed by atoms with Gasteiger partial charge >= 0.3 is 0 Å². The van der Waals surface area contributed by atoms with Crippen LogP contribution in [0.25, 0.3) is 0 Å². The maximum atomic E-state index is 6.41. The van der Waals surface area contributed by atoms with Crippen LogP contribution in [0, 0.1) is 11.8 Å². The summed E-state index contributed by atoms with van der Waals surface area (Å²) in [6.45, 7) is 2.34. The van der Waals surface area contributed by atoms with Gasteiger partial charge in [0.25, 0.3) is 0 Å². The van der Waals surface area contributed by atoms with Gasteiger partial charge in [0.15, 0.2) is 0 Å². The molecule has 1 fully saturated rings. The van der Waals surface area contributed by atoms with E-state index in [0.717, 1.165) is 17.2 Å². The molecule has 1 aliphatic rings. The van der Waals surface area contributed by atoms with Gasteiger partial charge in [0.2, 0.25) is 0 Å². The van der Waals surface area contributed by atoms with Crippen molar-refractivity contribution in [2.24, 2.45) is 17.6 Å². The first-order valence-electron chi connectivity index (χ1n) is 6.61. The van der Waals surface area contributed by atoms with Crippen LogP contribution >= 0.6 is 0 Å². The van der Waals surface area contributed by atoms with Crippen molar-refractivity contribution < 1.29 is 4.74 Å². The number of hydrogen-bond acceptors (Lipinski definition) is 2. The van der Waals surface area contributed by atoms with E-state index in [2.05, 4.69) is 13.0 Å². The van der Waals surface area contributed by atoms with Crippen molar-refractivity contribution in [3.63, 3.8) is 0 Å². The Balaban J connectivity index is 2.10. The van der Waals surface area contributed by atoms with Crippen LogP contribution in [0.15, 0.2) is 24.3 Å². The molecule has 0 heterocycles. The number of benzene rings is 1. The molecule has 17 heavy (non-hydrogen) atoms. The number of methoxy groups -OCH3 is 1. The Kier molecular flexibility index (Phi) is 4.06. The molecule has 1 aromatic carbocycles. The highest BCUT2D eigenvalue weighted by atomic mass is 16.5. The van der Waals surface area contributed by atoms with E-state index in [-0.39, 0.29) is 6.04 Å². The summed E-state index contributed by atoms with van der Waals surface area (Å²) in [7, 11) is 1.72. The Morgan fingerprint density at radius 3 is 2.47 bits per heavy atom. The van der Waals surface area contributed by atoms with E-state index in [4.69, 9.17) is 10.5 Å². The molecule has 0 amide bonds. The zero-order valence-corrected chi connectivity index (χ0v) is 10.9. The van der Waals surface area contributed by atoms with Crippen molar-refractivity contribution in [3.05, 3.63) is 29.8 Å². The van der Waals surface area contributed by atoms with Gasteiger partial charge in [0, 0.05) is 11.6 Å². The van der Waals surface area contributed by atoms with E-state index in [9.17, 15) is 0 Å². The second-order valence-electron chi connectivity index (χ2n) is 5.29. The monoisotopic (exact) mass is 233 g/mol. The first kappa shape index (κ1) is 12.4. The molecule has 94 valence electrons. The van der Waals surface area contributed by atoms with Crippen LogP contribution in [0.5, 0.6) is 5.75 Å². The van der Waals surface area contributed by atoms with Crippen molar-refractivity contribution in [1.29, 1.82) is 0 Å². The fraction of sp³-hybridized carbons (Fsp3) is 0.600. The molecule has 0 bridgehead atoms. The highest BCUT2D eigenvalue weighted by molar-refractivity contribution is 5.36. The lowest BCUT2D eigenvalue weighted by atomic mass is 9.77. The average molecular weight is 233 g/mol. The standard InChI is InChI=1S/C15H23NO/c1-11-7-9-12(10-8-11)15(16)13-5-3-4-6-14(13)17-2/h3-6,11-12,15H,7-10,16H2,1-2H3. The van der Waals surface area contributed by atoms with Gasteiger partial charge in [-0.05, 0) is 30.7 Å². The molecule has 1 unspecified atom stereocenters. The highest BCUT2D eigenvalue weighted by Gasteiger charge is 2.26. The summed E-state index contributed by atoms with van der Waals surface area (Å²) in [5.74, 6) is 2.41. The third kappa shape index (κ3) is 2.81. The number of rotatable bonds is 3. The van der Waals surface area contributed by atoms with E-state index in [0.29, 0.717) is 5.92 Å². The molecule has 1 aliphatic carbocycles. The predicted molar refractivity (Wildman–Crippen MR) is 71.0 cm³/mol. The molecule has 1 saturated carbocycles. The zero-order chi connectivity index (χ0) is 12.3. The Hall–Kier alpha value is -1.02. The highest BCUT2D eigenvalue weighted by Crippen LogP contribution is 2.37. The SMILES string of the molecule is COc1ccccc1C(N)C1CCC(C)CC1. The number of ether oxygens (including phenoxy) is 1. The van der Waals surface area contributed by atoms with Crippen LogP contribution < -0.4 is 10.5 Å². The van der Waals surface area contributed by atoms with Crippen LogP contribution in [0.2, 0.25) is 0 Å². The minimum atomic E-state index is 0.124. The van der Waals surface area contributed by atoms with Crippen LogP contribution in [-0.2, 0) is 0 Å². The first-order chi connectivity index (χ1) is 8.22. The second kappa shape index (κ2) is 5.54. The van der Waals surface area contributed by atoms with Gasteiger partial charge in [-0.1, -0.05) is 38.0 Å². The van der Waals surface area contributed by atoms with E-state index in [1.54, 1.807) is 7.11 Å². The maximum absolute atomic E-state index is 6.41. The Morgan fingerprint density at radius 2 is 1.82 bits per heavy atom. The summed E-state index contributed by atoms with van der Waals surface area (Å²) in [6.07, 6.45) is 5.13. The van der Waals surface area contributed by atoms with Crippen LogP contribution in [0.4, 0.5) is 0 Å². The zero-order valence-electron chi connectivity index (χ0n) is 10.9. The molecule has 2 heteroatoms. The summed E-state index contributed by atoms with van der Waals surface area (Å²) in [4.78, 5) is 0. The van der Waals surface area contributed by atoms with Crippen LogP contribution in [-0.4, -0.2) is 7.11 Å². The number of para-hydroxylation sites is 1. The minimum Gasteiger partial charge on any atom is -0.496 e. The molecule has 0 aromatic heterocycles. The van der Waals surface area contributed by atoms with Gasteiger partial charge in [-0.25, -0.2) is 0 Å². The molecule has 1 atom stereocenters. The van der Waals surface area contributed by atoms with Crippen molar-refractivity contribution in [1.82, 2.24) is 0 Å². The fourth-order valence-electron chi connectivity index (χ4n) is 2.84. The number of nitrogens with two attached hydrogens (primary N) is 1. The van der Waals surface area contributed by atoms with Gasteiger partial charge < -0.3 is 10.5 Å². The summed E-state index contributed by atoms with van der Waals surface area (Å²) in [6, 6.07) is 8.27. The van der Waals surface area contributed by atoms with Gasteiger partial charge in [-0.2, -0.15) is 0 Å². The molecule has 0 radical (unpaired) electrons. The summed E-state index contributed by atoms with van der Waals surface area (Å²) in [5, 5.41) is 0. The lowest BCUT2D eigenvalue weighted by Crippen LogP contribution is -2.25. The normalized spacial score (nSPS) is 26.5. The van der Waals surface area contributed by atoms with E-state index < -0.39 is 0 Å². The van der Waals surface area contributed by atoms with E-state index in [1.807, 2.05) is 18.2 Å². The second-order valence-corrected chi connectivity index (χ2v) is 5.29. The van der Waals surface area contributed by atoms with Gasteiger partial charge in [-0.15, -0.1) is 0 Å². The molecule has 2 rings (SSSR count). The average Bonchev–Trinajstić information content (AvgIpc) is 2.39. The van der Waals surface area contributed by atoms with Crippen molar-refractivity contribution >= 4 is 0 Å². The van der Waals surface area contributed by atoms with Crippen LogP contribution in [0.1, 0.15) is 44.2 Å². The summed E-state index contributed by atoms with van der Waals surface area (Å²) < 4.78 is 5.40. The Morgan fingerprint density at radius 1 is 1.18 bits per heavy atom. The molecule has 1 aromatic rings. The third-order valence-electron chi connectivity index (χ3n) is 4.07. The fourth-order valence-corrected chi connectivity index (χ4v) is 2.84. The number of hydrogen-bond donors (Lipinski definition) is 1. The molecule has 0 saturated heterocycles. The van der Waals surface area contributed by atoms with Crippen LogP contribution in [0.3, 0.4) is 0 Å². The van der Waals surface area contributed by atoms with Gasteiger partial charge in [0.05, 0.1) is 7.11 Å². The quantitative estimate of drug-likeness (QED) is 0.867. The lowest BCUT2D eigenvalue weighted by molar-refractivity contribution is 0.253. The molecule has 2 nitrogen and oxygen atoms in total. The smallest absolute Gasteiger partial charge is 0.123 e. The molecular weight excluding hydrogens is 210 g/mol. The van der Waals surface area contributed by atoms with E-state index in [1.165, 1.54) is 25.7 Å². The minimum absolute atomic E-state index is 0.124. The Bertz CT molecular complexity index is 356. The predicted octanol–water partition coefficient (Wildman–Crippen LogP) is 3.52. The largest absolute Gasteiger partial charge is 0.496 e. The van der Waals surface area contributed by atoms with Crippen molar-refractivity contribution in [3.8, 4) is 5.75 Å². The van der Waals surface area contributed by atoms with Crippen molar-refractivity contribution in [2.45, 2.75) is 38.6 Å². The summed E-state index contributed by atoms with van der Waals surface area (Å²) >= 11 is 0. The topological polar surface area (TPSA) is 35.2 Å². The maximum Gasteiger partial charge on any atom is 0.123 e. The Labute approximate surface area is 104 Å². The van der Waals surface area contributed by atoms with Gasteiger partial charge in [-0.3, -0.25) is 0 Å². The third-order valence-corrected chi connectivity index (χ3v) is 4.07. The molecule has 2 N–H and O–H groups in total. The molecule has 0 aliphatic heterocycles. The molecular formula is C15H23NO.